The van der Waals surface area contributed by atoms with Crippen LogP contribution in [-0.4, -0.2) is 4.98 Å². The van der Waals surface area contributed by atoms with Gasteiger partial charge in [-0.15, -0.1) is 0 Å². The van der Waals surface area contributed by atoms with Crippen LogP contribution >= 0.6 is 0 Å². The molecule has 0 saturated carbocycles. The van der Waals surface area contributed by atoms with Crippen LogP contribution in [-0.2, 0) is 6.42 Å². The van der Waals surface area contributed by atoms with E-state index in [4.69, 9.17) is 10.3 Å². The molecule has 2 aromatic heterocycles. The number of pyridine rings is 1. The number of para-hydroxylation sites is 1. The topological polar surface area (TPSA) is 64.1 Å². The molecule has 1 aromatic carbocycles. The van der Waals surface area contributed by atoms with Gasteiger partial charge in [-0.3, -0.25) is 10.8 Å². The molecule has 0 aliphatic rings. The summed E-state index contributed by atoms with van der Waals surface area (Å²) < 4.78 is 19.2. The molecule has 5 heteroatoms. The smallest absolute Gasteiger partial charge is 0.169 e. The Morgan fingerprint density at radius 3 is 2.90 bits per heavy atom. The van der Waals surface area contributed by atoms with Gasteiger partial charge in [0, 0.05) is 17.8 Å². The van der Waals surface area contributed by atoms with Gasteiger partial charge in [0.25, 0.3) is 0 Å². The number of halogens is 1. The van der Waals surface area contributed by atoms with Crippen LogP contribution in [0, 0.1) is 5.82 Å². The first kappa shape index (κ1) is 12.8. The largest absolute Gasteiger partial charge is 0.456 e. The van der Waals surface area contributed by atoms with Crippen LogP contribution in [0.4, 0.5) is 4.39 Å². The maximum absolute atomic E-state index is 13.6. The number of hydrazine groups is 1. The number of nitrogens with two attached hydrogens (primary N) is 1. The van der Waals surface area contributed by atoms with Crippen LogP contribution in [0.25, 0.3) is 11.0 Å². The van der Waals surface area contributed by atoms with Crippen LogP contribution in [0.3, 0.4) is 0 Å². The number of benzene rings is 1. The number of nitrogens with zero attached hydrogens (tertiary/aromatic N) is 1. The van der Waals surface area contributed by atoms with Gasteiger partial charge < -0.3 is 4.42 Å². The molecule has 0 aliphatic heterocycles. The second-order valence-electron chi connectivity index (χ2n) is 4.59. The van der Waals surface area contributed by atoms with Gasteiger partial charge in [0.1, 0.15) is 5.76 Å². The number of hydrogen-bond acceptors (Lipinski definition) is 4. The van der Waals surface area contributed by atoms with Gasteiger partial charge in [-0.25, -0.2) is 9.82 Å². The lowest BCUT2D eigenvalue weighted by Gasteiger charge is -2.12. The Bertz CT molecular complexity index is 711. The van der Waals surface area contributed by atoms with Crippen LogP contribution in [0.1, 0.15) is 17.4 Å². The number of hydrogen-bond donors (Lipinski definition) is 2. The molecule has 0 bridgehead atoms. The maximum atomic E-state index is 13.6. The van der Waals surface area contributed by atoms with Crippen molar-refractivity contribution in [2.75, 3.05) is 0 Å². The average Bonchev–Trinajstić information content (AvgIpc) is 2.91. The van der Waals surface area contributed by atoms with Gasteiger partial charge in [-0.05, 0) is 30.2 Å². The fourth-order valence-electron chi connectivity index (χ4n) is 2.22. The first-order valence-electron chi connectivity index (χ1n) is 6.31. The minimum absolute atomic E-state index is 0.231. The average molecular weight is 271 g/mol. The zero-order valence-electron chi connectivity index (χ0n) is 10.7. The second-order valence-corrected chi connectivity index (χ2v) is 4.59. The summed E-state index contributed by atoms with van der Waals surface area (Å²) in [5.41, 5.74) is 3.99. The van der Waals surface area contributed by atoms with Crippen LogP contribution < -0.4 is 11.3 Å². The molecule has 0 saturated heterocycles. The summed E-state index contributed by atoms with van der Waals surface area (Å²) in [4.78, 5) is 4.06. The molecule has 3 aromatic rings. The molecule has 0 aliphatic carbocycles. The third-order valence-corrected chi connectivity index (χ3v) is 3.22. The van der Waals surface area contributed by atoms with Gasteiger partial charge in [-0.2, -0.15) is 0 Å². The monoisotopic (exact) mass is 271 g/mol. The van der Waals surface area contributed by atoms with Gasteiger partial charge in [0.15, 0.2) is 11.4 Å². The van der Waals surface area contributed by atoms with E-state index in [1.807, 2.05) is 18.2 Å². The Balaban J connectivity index is 1.93. The molecule has 0 amide bonds. The van der Waals surface area contributed by atoms with Crippen LogP contribution in [0.15, 0.2) is 53.2 Å². The number of nitrogens with one attached hydrogen (secondary N) is 1. The first-order valence-corrected chi connectivity index (χ1v) is 6.31. The highest BCUT2D eigenvalue weighted by atomic mass is 19.1. The van der Waals surface area contributed by atoms with Gasteiger partial charge in [0.05, 0.1) is 6.04 Å². The SMILES string of the molecule is NNC(Cc1cccnc1)c1cc2cccc(F)c2o1. The van der Waals surface area contributed by atoms with E-state index in [0.29, 0.717) is 12.2 Å². The summed E-state index contributed by atoms with van der Waals surface area (Å²) >= 11 is 0. The maximum Gasteiger partial charge on any atom is 0.169 e. The standard InChI is InChI=1S/C15H14FN3O/c16-12-5-1-4-11-8-14(20-15(11)12)13(19-17)7-10-3-2-6-18-9-10/h1-6,8-9,13,19H,7,17H2. The Kier molecular flexibility index (Phi) is 3.45. The van der Waals surface area contributed by atoms with Crippen LogP contribution in [0.2, 0.25) is 0 Å². The fraction of sp³-hybridized carbons (Fsp3) is 0.133. The van der Waals surface area contributed by atoms with Gasteiger partial charge in [-0.1, -0.05) is 18.2 Å². The minimum Gasteiger partial charge on any atom is -0.456 e. The highest BCUT2D eigenvalue weighted by Crippen LogP contribution is 2.27. The zero-order valence-corrected chi connectivity index (χ0v) is 10.7. The Morgan fingerprint density at radius 2 is 2.20 bits per heavy atom. The number of aromatic nitrogens is 1. The lowest BCUT2D eigenvalue weighted by molar-refractivity contribution is 0.427. The summed E-state index contributed by atoms with van der Waals surface area (Å²) in [6.07, 6.45) is 4.10. The predicted molar refractivity (Wildman–Crippen MR) is 74.2 cm³/mol. The lowest BCUT2D eigenvalue weighted by atomic mass is 10.1. The molecule has 1 unspecified atom stereocenters. The van der Waals surface area contributed by atoms with E-state index in [0.717, 1.165) is 10.9 Å². The molecule has 0 spiro atoms. The summed E-state index contributed by atoms with van der Waals surface area (Å²) in [5, 5.41) is 0.728. The van der Waals surface area contributed by atoms with E-state index < -0.39 is 0 Å². The molecule has 0 radical (unpaired) electrons. The summed E-state index contributed by atoms with van der Waals surface area (Å²) in [5.74, 6) is 5.83. The molecule has 4 nitrogen and oxygen atoms in total. The van der Waals surface area contributed by atoms with Crippen molar-refractivity contribution in [1.29, 1.82) is 0 Å². The van der Waals surface area contributed by atoms with E-state index in [2.05, 4.69) is 10.4 Å². The van der Waals surface area contributed by atoms with Crippen molar-refractivity contribution in [2.24, 2.45) is 5.84 Å². The number of fused-ring (bicyclic) bond motifs is 1. The fourth-order valence-corrected chi connectivity index (χ4v) is 2.22. The lowest BCUT2D eigenvalue weighted by Crippen LogP contribution is -2.29. The quantitative estimate of drug-likeness (QED) is 0.565. The van der Waals surface area contributed by atoms with Crippen molar-refractivity contribution in [1.82, 2.24) is 10.4 Å². The molecule has 3 N–H and O–H groups in total. The Labute approximate surface area is 115 Å². The van der Waals surface area contributed by atoms with E-state index in [-0.39, 0.29) is 17.4 Å². The highest BCUT2D eigenvalue weighted by molar-refractivity contribution is 5.78. The molecule has 1 atom stereocenters. The number of rotatable bonds is 4. The molecule has 0 fully saturated rings. The van der Waals surface area contributed by atoms with Crippen molar-refractivity contribution < 1.29 is 8.81 Å². The molecule has 102 valence electrons. The van der Waals surface area contributed by atoms with Crippen molar-refractivity contribution in [3.05, 3.63) is 65.9 Å². The first-order chi connectivity index (χ1) is 9.78. The zero-order chi connectivity index (χ0) is 13.9. The summed E-state index contributed by atoms with van der Waals surface area (Å²) in [7, 11) is 0. The third-order valence-electron chi connectivity index (χ3n) is 3.22. The highest BCUT2D eigenvalue weighted by Gasteiger charge is 2.17. The molecule has 20 heavy (non-hydrogen) atoms. The normalized spacial score (nSPS) is 12.7. The Morgan fingerprint density at radius 1 is 1.30 bits per heavy atom. The van der Waals surface area contributed by atoms with Gasteiger partial charge in [0.2, 0.25) is 0 Å². The molecular weight excluding hydrogens is 257 g/mol. The van der Waals surface area contributed by atoms with Crippen LogP contribution in [0.5, 0.6) is 0 Å². The van der Waals surface area contributed by atoms with E-state index >= 15 is 0 Å². The molecular formula is C15H14FN3O. The Hall–Kier alpha value is -2.24. The summed E-state index contributed by atoms with van der Waals surface area (Å²) in [6, 6.07) is 10.2. The van der Waals surface area contributed by atoms with E-state index in [1.165, 1.54) is 6.07 Å². The van der Waals surface area contributed by atoms with Crippen molar-refractivity contribution in [3.8, 4) is 0 Å². The summed E-state index contributed by atoms with van der Waals surface area (Å²) in [6.45, 7) is 0. The third kappa shape index (κ3) is 2.41. The van der Waals surface area contributed by atoms with Crippen molar-refractivity contribution >= 4 is 11.0 Å². The second kappa shape index (κ2) is 5.40. The molecule has 3 rings (SSSR count). The van der Waals surface area contributed by atoms with E-state index in [9.17, 15) is 4.39 Å². The van der Waals surface area contributed by atoms with Crippen molar-refractivity contribution in [2.45, 2.75) is 12.5 Å². The van der Waals surface area contributed by atoms with E-state index in [1.54, 1.807) is 24.5 Å². The van der Waals surface area contributed by atoms with Gasteiger partial charge >= 0.3 is 0 Å². The number of furan rings is 1. The van der Waals surface area contributed by atoms with Crippen molar-refractivity contribution in [3.63, 3.8) is 0 Å². The minimum atomic E-state index is -0.370. The molecule has 2 heterocycles. The predicted octanol–water partition coefficient (Wildman–Crippen LogP) is 2.71.